The monoisotopic (exact) mass is 268 g/mol. The highest BCUT2D eigenvalue weighted by atomic mass is 16.3. The van der Waals surface area contributed by atoms with Gasteiger partial charge in [0.2, 0.25) is 11.8 Å². The summed E-state index contributed by atoms with van der Waals surface area (Å²) < 4.78 is 0. The zero-order chi connectivity index (χ0) is 13.8. The lowest BCUT2D eigenvalue weighted by molar-refractivity contribution is -0.135. The summed E-state index contributed by atoms with van der Waals surface area (Å²) in [6, 6.07) is 0.304. The van der Waals surface area contributed by atoms with Crippen molar-refractivity contribution >= 4 is 11.8 Å². The largest absolute Gasteiger partial charge is 0.395 e. The van der Waals surface area contributed by atoms with Gasteiger partial charge in [0.25, 0.3) is 0 Å². The van der Waals surface area contributed by atoms with Crippen LogP contribution in [-0.4, -0.2) is 47.6 Å². The highest BCUT2D eigenvalue weighted by molar-refractivity contribution is 5.82. The summed E-state index contributed by atoms with van der Waals surface area (Å²) in [6.45, 7) is 2.90. The minimum atomic E-state index is 0.00812. The third-order valence-electron chi connectivity index (χ3n) is 4.26. The standard InChI is InChI=1S/C14H24N2O3/c1-10-9-12(10)14(19)15-6-5-13(18)16(7-8-17)11-3-2-4-11/h10-12,17H,2-9H2,1H3,(H,15,19). The molecular formula is C14H24N2O3. The second-order valence-corrected chi connectivity index (χ2v) is 5.76. The van der Waals surface area contributed by atoms with Crippen molar-refractivity contribution in [1.82, 2.24) is 10.2 Å². The molecule has 2 unspecified atom stereocenters. The van der Waals surface area contributed by atoms with Crippen molar-refractivity contribution in [2.45, 2.75) is 45.1 Å². The molecule has 108 valence electrons. The van der Waals surface area contributed by atoms with Crippen LogP contribution in [0.2, 0.25) is 0 Å². The predicted molar refractivity (Wildman–Crippen MR) is 71.3 cm³/mol. The van der Waals surface area contributed by atoms with Crippen LogP contribution in [0.15, 0.2) is 0 Å². The van der Waals surface area contributed by atoms with Gasteiger partial charge in [-0.3, -0.25) is 9.59 Å². The Morgan fingerprint density at radius 1 is 1.37 bits per heavy atom. The van der Waals surface area contributed by atoms with E-state index in [1.165, 1.54) is 0 Å². The van der Waals surface area contributed by atoms with E-state index in [0.29, 0.717) is 31.5 Å². The molecule has 2 aliphatic rings. The summed E-state index contributed by atoms with van der Waals surface area (Å²) in [5.41, 5.74) is 0. The van der Waals surface area contributed by atoms with Crippen LogP contribution in [0.3, 0.4) is 0 Å². The fraction of sp³-hybridized carbons (Fsp3) is 0.857. The number of nitrogens with one attached hydrogen (secondary N) is 1. The van der Waals surface area contributed by atoms with E-state index in [4.69, 9.17) is 5.11 Å². The molecule has 2 saturated carbocycles. The van der Waals surface area contributed by atoms with E-state index in [0.717, 1.165) is 25.7 Å². The Balaban J connectivity index is 1.68. The lowest BCUT2D eigenvalue weighted by atomic mass is 9.91. The fourth-order valence-corrected chi connectivity index (χ4v) is 2.57. The van der Waals surface area contributed by atoms with E-state index in [1.54, 1.807) is 4.90 Å². The zero-order valence-electron chi connectivity index (χ0n) is 11.6. The molecule has 19 heavy (non-hydrogen) atoms. The van der Waals surface area contributed by atoms with Crippen molar-refractivity contribution in [2.24, 2.45) is 11.8 Å². The van der Waals surface area contributed by atoms with Crippen molar-refractivity contribution in [3.05, 3.63) is 0 Å². The maximum atomic E-state index is 12.1. The first-order chi connectivity index (χ1) is 9.13. The van der Waals surface area contributed by atoms with Gasteiger partial charge in [-0.1, -0.05) is 6.92 Å². The third kappa shape index (κ3) is 3.69. The van der Waals surface area contributed by atoms with Crippen LogP contribution < -0.4 is 5.32 Å². The van der Waals surface area contributed by atoms with Crippen molar-refractivity contribution < 1.29 is 14.7 Å². The van der Waals surface area contributed by atoms with E-state index < -0.39 is 0 Å². The summed E-state index contributed by atoms with van der Waals surface area (Å²) in [6.07, 6.45) is 4.55. The second-order valence-electron chi connectivity index (χ2n) is 5.76. The van der Waals surface area contributed by atoms with E-state index in [2.05, 4.69) is 12.2 Å². The van der Waals surface area contributed by atoms with Gasteiger partial charge in [-0.15, -0.1) is 0 Å². The Hall–Kier alpha value is -1.10. The molecule has 0 aromatic rings. The molecule has 0 aromatic carbocycles. The summed E-state index contributed by atoms with van der Waals surface area (Å²) in [7, 11) is 0. The predicted octanol–water partition coefficient (Wildman–Crippen LogP) is 0.522. The van der Waals surface area contributed by atoms with Crippen LogP contribution in [0.4, 0.5) is 0 Å². The van der Waals surface area contributed by atoms with Crippen LogP contribution >= 0.6 is 0 Å². The molecule has 2 N–H and O–H groups in total. The number of amides is 2. The number of rotatable bonds is 7. The molecule has 0 aliphatic heterocycles. The molecule has 2 atom stereocenters. The minimum absolute atomic E-state index is 0.00812. The highest BCUT2D eigenvalue weighted by Gasteiger charge is 2.38. The highest BCUT2D eigenvalue weighted by Crippen LogP contribution is 2.37. The van der Waals surface area contributed by atoms with Crippen molar-refractivity contribution in [3.63, 3.8) is 0 Å². The molecule has 2 aliphatic carbocycles. The van der Waals surface area contributed by atoms with Crippen LogP contribution in [0.1, 0.15) is 39.0 Å². The lowest BCUT2D eigenvalue weighted by Crippen LogP contribution is -2.46. The van der Waals surface area contributed by atoms with Gasteiger partial charge in [-0.25, -0.2) is 0 Å². The SMILES string of the molecule is CC1CC1C(=O)NCCC(=O)N(CCO)C1CCC1. The molecule has 0 bridgehead atoms. The molecule has 0 radical (unpaired) electrons. The molecule has 2 fully saturated rings. The number of carbonyl (C=O) groups excluding carboxylic acids is 2. The van der Waals surface area contributed by atoms with Gasteiger partial charge in [0, 0.05) is 31.5 Å². The molecule has 0 saturated heterocycles. The molecule has 2 amide bonds. The minimum Gasteiger partial charge on any atom is -0.395 e. The average Bonchev–Trinajstić information content (AvgIpc) is 3.03. The van der Waals surface area contributed by atoms with E-state index in [-0.39, 0.29) is 24.3 Å². The van der Waals surface area contributed by atoms with Crippen LogP contribution in [-0.2, 0) is 9.59 Å². The van der Waals surface area contributed by atoms with Gasteiger partial charge < -0.3 is 15.3 Å². The van der Waals surface area contributed by atoms with Crippen molar-refractivity contribution in [2.75, 3.05) is 19.7 Å². The van der Waals surface area contributed by atoms with Crippen LogP contribution in [0.25, 0.3) is 0 Å². The number of aliphatic hydroxyl groups is 1. The van der Waals surface area contributed by atoms with Gasteiger partial charge in [-0.05, 0) is 31.6 Å². The maximum Gasteiger partial charge on any atom is 0.224 e. The first kappa shape index (κ1) is 14.3. The molecule has 2 rings (SSSR count). The Morgan fingerprint density at radius 2 is 2.05 bits per heavy atom. The zero-order valence-corrected chi connectivity index (χ0v) is 11.6. The van der Waals surface area contributed by atoms with E-state index in [1.807, 2.05) is 0 Å². The maximum absolute atomic E-state index is 12.1. The Morgan fingerprint density at radius 3 is 2.53 bits per heavy atom. The average molecular weight is 268 g/mol. The van der Waals surface area contributed by atoms with Gasteiger partial charge in [0.1, 0.15) is 0 Å². The smallest absolute Gasteiger partial charge is 0.224 e. The Labute approximate surface area is 114 Å². The van der Waals surface area contributed by atoms with E-state index >= 15 is 0 Å². The number of hydrogen-bond donors (Lipinski definition) is 2. The Kier molecular flexibility index (Phi) is 4.80. The third-order valence-corrected chi connectivity index (χ3v) is 4.26. The molecule has 5 heteroatoms. The van der Waals surface area contributed by atoms with Crippen LogP contribution in [0.5, 0.6) is 0 Å². The Bertz CT molecular complexity index is 342. The first-order valence-electron chi connectivity index (χ1n) is 7.31. The van der Waals surface area contributed by atoms with Gasteiger partial charge >= 0.3 is 0 Å². The normalized spacial score (nSPS) is 25.6. The van der Waals surface area contributed by atoms with Crippen molar-refractivity contribution in [1.29, 1.82) is 0 Å². The number of carbonyl (C=O) groups is 2. The number of hydrogen-bond acceptors (Lipinski definition) is 3. The quantitative estimate of drug-likeness (QED) is 0.707. The van der Waals surface area contributed by atoms with Gasteiger partial charge in [0.05, 0.1) is 6.61 Å². The van der Waals surface area contributed by atoms with E-state index in [9.17, 15) is 9.59 Å². The second kappa shape index (κ2) is 6.37. The summed E-state index contributed by atoms with van der Waals surface area (Å²) in [5, 5.41) is 11.8. The molecule has 0 heterocycles. The number of nitrogens with zero attached hydrogens (tertiary/aromatic N) is 1. The van der Waals surface area contributed by atoms with Crippen LogP contribution in [0, 0.1) is 11.8 Å². The lowest BCUT2D eigenvalue weighted by Gasteiger charge is -2.37. The first-order valence-corrected chi connectivity index (χ1v) is 7.31. The topological polar surface area (TPSA) is 69.6 Å². The molecular weight excluding hydrogens is 244 g/mol. The summed E-state index contributed by atoms with van der Waals surface area (Å²) in [4.78, 5) is 25.5. The molecule has 5 nitrogen and oxygen atoms in total. The van der Waals surface area contributed by atoms with Gasteiger partial charge in [-0.2, -0.15) is 0 Å². The fourth-order valence-electron chi connectivity index (χ4n) is 2.57. The summed E-state index contributed by atoms with van der Waals surface area (Å²) in [5.74, 6) is 0.785. The molecule has 0 spiro atoms. The molecule has 0 aromatic heterocycles. The van der Waals surface area contributed by atoms with Crippen molar-refractivity contribution in [3.8, 4) is 0 Å². The summed E-state index contributed by atoms with van der Waals surface area (Å²) >= 11 is 0. The van der Waals surface area contributed by atoms with Gasteiger partial charge in [0.15, 0.2) is 0 Å². The number of aliphatic hydroxyl groups excluding tert-OH is 1.